The lowest BCUT2D eigenvalue weighted by atomic mass is 10.2. The quantitative estimate of drug-likeness (QED) is 0.466. The molecule has 3 aromatic carbocycles. The van der Waals surface area contributed by atoms with Crippen LogP contribution in [0.25, 0.3) is 0 Å². The minimum Gasteiger partial charge on any atom is -0.492 e. The molecule has 0 unspecified atom stereocenters. The van der Waals surface area contributed by atoms with Crippen molar-refractivity contribution in [1.82, 2.24) is 0 Å². The maximum atomic E-state index is 13.5. The van der Waals surface area contributed by atoms with E-state index in [0.717, 1.165) is 34.1 Å². The van der Waals surface area contributed by atoms with E-state index < -0.39 is 34.2 Å². The number of ether oxygens (including phenoxy) is 1. The Labute approximate surface area is 196 Å². The number of sulfonamides is 1. The predicted octanol–water partition coefficient (Wildman–Crippen LogP) is 5.25. The number of aryl methyl sites for hydroxylation is 1. The maximum absolute atomic E-state index is 13.5. The Bertz CT molecular complexity index is 1240. The van der Waals surface area contributed by atoms with Gasteiger partial charge in [0.25, 0.3) is 10.0 Å². The Hall–Kier alpha value is -3.53. The molecule has 0 saturated carbocycles. The molecule has 0 aliphatic carbocycles. The second-order valence-corrected chi connectivity index (χ2v) is 9.21. The number of nitrogens with zero attached hydrogens (tertiary/aromatic N) is 1. The van der Waals surface area contributed by atoms with Crippen LogP contribution in [0.15, 0.2) is 77.7 Å². The summed E-state index contributed by atoms with van der Waals surface area (Å²) in [5.41, 5.74) is 0.260. The van der Waals surface area contributed by atoms with Gasteiger partial charge >= 0.3 is 6.18 Å². The zero-order valence-corrected chi connectivity index (χ0v) is 19.3. The number of carbonyl (C=O) groups is 1. The molecule has 0 saturated heterocycles. The molecule has 0 atom stereocenters. The number of para-hydroxylation sites is 2. The summed E-state index contributed by atoms with van der Waals surface area (Å²) in [5.74, 6) is -0.468. The number of anilines is 2. The average molecular weight is 493 g/mol. The van der Waals surface area contributed by atoms with Crippen molar-refractivity contribution in [3.05, 3.63) is 83.9 Å². The SMILES string of the molecule is CCOc1ccccc1N(CC(=O)Nc1ccc(C(F)(F)F)cc1)S(=O)(=O)c1ccc(C)cc1. The van der Waals surface area contributed by atoms with Crippen LogP contribution in [-0.4, -0.2) is 27.5 Å². The number of halogens is 3. The predicted molar refractivity (Wildman–Crippen MR) is 123 cm³/mol. The Kier molecular flexibility index (Phi) is 7.51. The molecule has 0 fully saturated rings. The molecule has 1 N–H and O–H groups in total. The van der Waals surface area contributed by atoms with Crippen molar-refractivity contribution in [3.63, 3.8) is 0 Å². The fourth-order valence-corrected chi connectivity index (χ4v) is 4.58. The summed E-state index contributed by atoms with van der Waals surface area (Å²) in [5, 5.41) is 2.45. The summed E-state index contributed by atoms with van der Waals surface area (Å²) in [6, 6.07) is 16.4. The van der Waals surface area contributed by atoms with Crippen molar-refractivity contribution < 1.29 is 31.1 Å². The van der Waals surface area contributed by atoms with Crippen LogP contribution in [-0.2, 0) is 21.0 Å². The smallest absolute Gasteiger partial charge is 0.416 e. The van der Waals surface area contributed by atoms with Gasteiger partial charge in [-0.2, -0.15) is 13.2 Å². The number of amides is 1. The van der Waals surface area contributed by atoms with Crippen molar-refractivity contribution in [3.8, 4) is 5.75 Å². The molecule has 3 rings (SSSR count). The summed E-state index contributed by atoms with van der Waals surface area (Å²) < 4.78 is 71.9. The van der Waals surface area contributed by atoms with Crippen molar-refractivity contribution in [2.24, 2.45) is 0 Å². The van der Waals surface area contributed by atoms with E-state index in [2.05, 4.69) is 5.32 Å². The van der Waals surface area contributed by atoms with Crippen LogP contribution in [0.1, 0.15) is 18.1 Å². The largest absolute Gasteiger partial charge is 0.492 e. The van der Waals surface area contributed by atoms with Gasteiger partial charge in [0.2, 0.25) is 5.91 Å². The molecule has 1 amide bonds. The Balaban J connectivity index is 1.94. The molecule has 10 heteroatoms. The first-order valence-corrected chi connectivity index (χ1v) is 11.7. The molecule has 0 heterocycles. The van der Waals surface area contributed by atoms with Crippen LogP contribution in [0.5, 0.6) is 5.75 Å². The van der Waals surface area contributed by atoms with Crippen LogP contribution in [0.4, 0.5) is 24.5 Å². The van der Waals surface area contributed by atoms with E-state index in [1.807, 2.05) is 6.92 Å². The number of nitrogens with one attached hydrogen (secondary N) is 1. The molecule has 0 aliphatic heterocycles. The highest BCUT2D eigenvalue weighted by Crippen LogP contribution is 2.33. The minimum absolute atomic E-state index is 0.0215. The molecular formula is C24H23F3N2O4S. The average Bonchev–Trinajstić information content (AvgIpc) is 2.78. The lowest BCUT2D eigenvalue weighted by molar-refractivity contribution is -0.137. The fourth-order valence-electron chi connectivity index (χ4n) is 3.15. The number of rotatable bonds is 8. The van der Waals surface area contributed by atoms with Gasteiger partial charge in [-0.1, -0.05) is 29.8 Å². The second kappa shape index (κ2) is 10.2. The molecule has 3 aromatic rings. The molecule has 0 aromatic heterocycles. The van der Waals surface area contributed by atoms with E-state index in [1.165, 1.54) is 18.2 Å². The molecule has 180 valence electrons. The number of benzene rings is 3. The van der Waals surface area contributed by atoms with E-state index in [0.29, 0.717) is 0 Å². The van der Waals surface area contributed by atoms with Gasteiger partial charge in [-0.25, -0.2) is 8.42 Å². The van der Waals surface area contributed by atoms with Crippen molar-refractivity contribution in [2.45, 2.75) is 24.9 Å². The van der Waals surface area contributed by atoms with Gasteiger partial charge in [-0.3, -0.25) is 9.10 Å². The molecule has 0 spiro atoms. The highest BCUT2D eigenvalue weighted by molar-refractivity contribution is 7.92. The van der Waals surface area contributed by atoms with Gasteiger partial charge in [-0.15, -0.1) is 0 Å². The minimum atomic E-state index is -4.51. The normalized spacial score (nSPS) is 11.7. The monoisotopic (exact) mass is 492 g/mol. The first-order valence-electron chi connectivity index (χ1n) is 10.3. The summed E-state index contributed by atoms with van der Waals surface area (Å²) >= 11 is 0. The first kappa shape index (κ1) is 25.1. The highest BCUT2D eigenvalue weighted by atomic mass is 32.2. The molecule has 0 bridgehead atoms. The van der Waals surface area contributed by atoms with Gasteiger partial charge in [0, 0.05) is 5.69 Å². The maximum Gasteiger partial charge on any atom is 0.416 e. The summed E-state index contributed by atoms with van der Waals surface area (Å²) in [6.07, 6.45) is -4.51. The Morgan fingerprint density at radius 3 is 2.18 bits per heavy atom. The van der Waals surface area contributed by atoms with Crippen molar-refractivity contribution in [1.29, 1.82) is 0 Å². The van der Waals surface area contributed by atoms with Crippen LogP contribution in [0.2, 0.25) is 0 Å². The van der Waals surface area contributed by atoms with Crippen LogP contribution >= 0.6 is 0 Å². The molecule has 0 aliphatic rings. The third-order valence-electron chi connectivity index (χ3n) is 4.83. The molecule has 6 nitrogen and oxygen atoms in total. The topological polar surface area (TPSA) is 75.7 Å². The van der Waals surface area contributed by atoms with Gasteiger partial charge in [-0.05, 0) is 62.4 Å². The van der Waals surface area contributed by atoms with E-state index in [4.69, 9.17) is 4.74 Å². The Morgan fingerprint density at radius 1 is 0.971 bits per heavy atom. The summed E-state index contributed by atoms with van der Waals surface area (Å²) in [6.45, 7) is 3.21. The number of alkyl halides is 3. The van der Waals surface area contributed by atoms with Gasteiger partial charge < -0.3 is 10.1 Å². The fraction of sp³-hybridized carbons (Fsp3) is 0.208. The zero-order valence-electron chi connectivity index (χ0n) is 18.5. The standard InChI is InChI=1S/C24H23F3N2O4S/c1-3-33-22-7-5-4-6-21(22)29(34(31,32)20-14-8-17(2)9-15-20)16-23(30)28-19-12-10-18(11-13-19)24(25,26)27/h4-15H,3,16H2,1-2H3,(H,28,30). The third-order valence-corrected chi connectivity index (χ3v) is 6.60. The zero-order chi connectivity index (χ0) is 24.9. The first-order chi connectivity index (χ1) is 16.0. The van der Waals surface area contributed by atoms with Crippen LogP contribution < -0.4 is 14.4 Å². The number of hydrogen-bond donors (Lipinski definition) is 1. The summed E-state index contributed by atoms with van der Waals surface area (Å²) in [7, 11) is -4.18. The second-order valence-electron chi connectivity index (χ2n) is 7.35. The van der Waals surface area contributed by atoms with Gasteiger partial charge in [0.15, 0.2) is 0 Å². The van der Waals surface area contributed by atoms with Crippen molar-refractivity contribution >= 4 is 27.3 Å². The van der Waals surface area contributed by atoms with E-state index in [9.17, 15) is 26.4 Å². The van der Waals surface area contributed by atoms with Gasteiger partial charge in [0.05, 0.1) is 22.8 Å². The Morgan fingerprint density at radius 2 is 1.59 bits per heavy atom. The number of carbonyl (C=O) groups excluding carboxylic acids is 1. The lowest BCUT2D eigenvalue weighted by Gasteiger charge is -2.26. The lowest BCUT2D eigenvalue weighted by Crippen LogP contribution is -2.38. The van der Waals surface area contributed by atoms with Crippen molar-refractivity contribution in [2.75, 3.05) is 22.8 Å². The molecule has 0 radical (unpaired) electrons. The molecular weight excluding hydrogens is 469 g/mol. The van der Waals surface area contributed by atoms with Crippen LogP contribution in [0.3, 0.4) is 0 Å². The van der Waals surface area contributed by atoms with E-state index in [1.54, 1.807) is 37.3 Å². The van der Waals surface area contributed by atoms with Crippen LogP contribution in [0, 0.1) is 6.92 Å². The van der Waals surface area contributed by atoms with E-state index >= 15 is 0 Å². The number of hydrogen-bond acceptors (Lipinski definition) is 4. The van der Waals surface area contributed by atoms with Gasteiger partial charge in [0.1, 0.15) is 12.3 Å². The third kappa shape index (κ3) is 5.88. The molecule has 34 heavy (non-hydrogen) atoms. The highest BCUT2D eigenvalue weighted by Gasteiger charge is 2.31. The van der Waals surface area contributed by atoms with E-state index in [-0.39, 0.29) is 28.6 Å². The summed E-state index contributed by atoms with van der Waals surface area (Å²) in [4.78, 5) is 12.8.